The first-order valence-electron chi connectivity index (χ1n) is 8.93. The number of hydrogen-bond donors (Lipinski definition) is 0. The van der Waals surface area contributed by atoms with E-state index in [2.05, 4.69) is 0 Å². The van der Waals surface area contributed by atoms with Gasteiger partial charge in [-0.1, -0.05) is 66.7 Å². The molecule has 0 N–H and O–H groups in total. The quantitative estimate of drug-likeness (QED) is 0.209. The van der Waals surface area contributed by atoms with Crippen LogP contribution in [0.2, 0.25) is 0 Å². The van der Waals surface area contributed by atoms with E-state index in [0.717, 1.165) is 11.8 Å². The second-order valence-corrected chi connectivity index (χ2v) is 7.24. The minimum atomic E-state index is -0.466. The van der Waals surface area contributed by atoms with E-state index in [1.54, 1.807) is 78.9 Å². The molecule has 0 radical (unpaired) electrons. The topological polar surface area (TPSA) is 63.5 Å². The Bertz CT molecular complexity index is 1110. The molecule has 0 unspecified atom stereocenters. The van der Waals surface area contributed by atoms with Crippen LogP contribution in [0, 0.1) is 5.21 Å². The van der Waals surface area contributed by atoms with Crippen molar-refractivity contribution in [2.45, 2.75) is 0 Å². The van der Waals surface area contributed by atoms with Crippen molar-refractivity contribution in [2.24, 2.45) is 0 Å². The summed E-state index contributed by atoms with van der Waals surface area (Å²) < 4.78 is 0.608. The molecule has 0 spiro atoms. The number of thioether (sulfide) groups is 1. The number of para-hydroxylation sites is 2. The van der Waals surface area contributed by atoms with Crippen LogP contribution in [0.1, 0.15) is 10.4 Å². The molecule has 0 atom stereocenters. The summed E-state index contributed by atoms with van der Waals surface area (Å²) in [4.78, 5) is 27.2. The van der Waals surface area contributed by atoms with E-state index >= 15 is 0 Å². The van der Waals surface area contributed by atoms with Crippen LogP contribution in [-0.4, -0.2) is 21.5 Å². The first kappa shape index (κ1) is 18.7. The van der Waals surface area contributed by atoms with Crippen molar-refractivity contribution in [2.75, 3.05) is 4.90 Å². The number of carbonyl (C=O) groups is 2. The summed E-state index contributed by atoms with van der Waals surface area (Å²) in [7, 11) is 0. The van der Waals surface area contributed by atoms with Crippen molar-refractivity contribution in [1.29, 1.82) is 0 Å². The molecule has 1 aliphatic heterocycles. The van der Waals surface area contributed by atoms with E-state index in [4.69, 9.17) is 0 Å². The van der Waals surface area contributed by atoms with Crippen LogP contribution in [-0.2, 0) is 4.79 Å². The van der Waals surface area contributed by atoms with Crippen molar-refractivity contribution in [3.63, 3.8) is 0 Å². The van der Waals surface area contributed by atoms with Gasteiger partial charge < -0.3 is 5.21 Å². The highest BCUT2D eigenvalue weighted by atomic mass is 32.2. The lowest BCUT2D eigenvalue weighted by atomic mass is 10.1. The Morgan fingerprint density at radius 3 is 2.03 bits per heavy atom. The van der Waals surface area contributed by atoms with Gasteiger partial charge in [0.15, 0.2) is 5.78 Å². The number of rotatable bonds is 4. The van der Waals surface area contributed by atoms with E-state index in [0.29, 0.717) is 26.7 Å². The Morgan fingerprint density at radius 2 is 1.41 bits per heavy atom. The molecule has 142 valence electrons. The molecule has 6 heteroatoms. The van der Waals surface area contributed by atoms with Crippen LogP contribution >= 0.6 is 11.8 Å². The zero-order valence-electron chi connectivity index (χ0n) is 15.3. The van der Waals surface area contributed by atoms with Crippen molar-refractivity contribution >= 4 is 39.9 Å². The zero-order valence-corrected chi connectivity index (χ0v) is 16.1. The average Bonchev–Trinajstić information content (AvgIpc) is 3.10. The van der Waals surface area contributed by atoms with E-state index in [9.17, 15) is 14.8 Å². The molecule has 5 nitrogen and oxygen atoms in total. The fourth-order valence-corrected chi connectivity index (χ4v) is 3.92. The van der Waals surface area contributed by atoms with E-state index in [1.165, 1.54) is 11.0 Å². The number of anilines is 1. The van der Waals surface area contributed by atoms with Gasteiger partial charge in [0.1, 0.15) is 0 Å². The molecule has 1 amide bonds. The lowest BCUT2D eigenvalue weighted by Crippen LogP contribution is -2.29. The lowest BCUT2D eigenvalue weighted by Gasteiger charge is -2.15. The smallest absolute Gasteiger partial charge is 0.337 e. The van der Waals surface area contributed by atoms with Crippen LogP contribution in [0.3, 0.4) is 0 Å². The van der Waals surface area contributed by atoms with Crippen molar-refractivity contribution in [3.8, 4) is 0 Å². The number of benzene rings is 3. The van der Waals surface area contributed by atoms with Gasteiger partial charge in [0.25, 0.3) is 0 Å². The summed E-state index contributed by atoms with van der Waals surface area (Å²) in [6.07, 6.45) is 1.40. The summed E-state index contributed by atoms with van der Waals surface area (Å²) in [5.74, 6) is -0.701. The van der Waals surface area contributed by atoms with Crippen LogP contribution in [0.4, 0.5) is 11.4 Å². The molecule has 1 saturated heterocycles. The largest absolute Gasteiger partial charge is 0.617 e. The average molecular weight is 400 g/mol. The van der Waals surface area contributed by atoms with Crippen LogP contribution < -0.4 is 4.90 Å². The molecule has 0 saturated carbocycles. The number of ketones is 1. The second kappa shape index (κ2) is 8.16. The highest BCUT2D eigenvalue weighted by Crippen LogP contribution is 2.36. The molecule has 4 rings (SSSR count). The van der Waals surface area contributed by atoms with Crippen molar-refractivity contribution in [1.82, 2.24) is 0 Å². The zero-order chi connectivity index (χ0) is 20.2. The monoisotopic (exact) mass is 400 g/mol. The number of amides is 1. The van der Waals surface area contributed by atoms with Crippen LogP contribution in [0.15, 0.2) is 102 Å². The minimum absolute atomic E-state index is 0.00725. The summed E-state index contributed by atoms with van der Waals surface area (Å²) >= 11 is 0.994. The van der Waals surface area contributed by atoms with E-state index < -0.39 is 5.91 Å². The molecule has 0 aliphatic carbocycles. The molecule has 1 heterocycles. The molecule has 1 aliphatic rings. The molecule has 0 aromatic heterocycles. The number of hydrogen-bond acceptors (Lipinski definition) is 4. The molecular weight excluding hydrogens is 384 g/mol. The molecule has 1 fully saturated rings. The Kier molecular flexibility index (Phi) is 5.27. The summed E-state index contributed by atoms with van der Waals surface area (Å²) in [6, 6.07) is 26.3. The lowest BCUT2D eigenvalue weighted by molar-refractivity contribution is -0.356. The van der Waals surface area contributed by atoms with Gasteiger partial charge >= 0.3 is 11.0 Å². The fraction of sp³-hybridized carbons (Fsp3) is 0. The van der Waals surface area contributed by atoms with Crippen LogP contribution in [0.5, 0.6) is 0 Å². The number of allylic oxidation sites excluding steroid dienone is 1. The Morgan fingerprint density at radius 1 is 0.862 bits per heavy atom. The SMILES string of the molecule is O=C(/C=C1\S/C(=[N+](/[O-])c2ccccc2)C(=O)N1c1ccccc1)c1ccccc1. The maximum Gasteiger partial charge on any atom is 0.337 e. The molecule has 29 heavy (non-hydrogen) atoms. The summed E-state index contributed by atoms with van der Waals surface area (Å²) in [6.45, 7) is 0. The van der Waals surface area contributed by atoms with E-state index in [1.807, 2.05) is 12.1 Å². The van der Waals surface area contributed by atoms with E-state index in [-0.39, 0.29) is 10.8 Å². The second-order valence-electron chi connectivity index (χ2n) is 6.23. The maximum atomic E-state index is 13.1. The fourth-order valence-electron chi connectivity index (χ4n) is 2.91. The van der Waals surface area contributed by atoms with Gasteiger partial charge in [0.2, 0.25) is 5.69 Å². The number of carbonyl (C=O) groups excluding carboxylic acids is 2. The minimum Gasteiger partial charge on any atom is -0.617 e. The third-order valence-electron chi connectivity index (χ3n) is 4.31. The van der Waals surface area contributed by atoms with Gasteiger partial charge in [0.05, 0.1) is 10.7 Å². The van der Waals surface area contributed by atoms with Crippen LogP contribution in [0.25, 0.3) is 0 Å². The third kappa shape index (κ3) is 3.83. The highest BCUT2D eigenvalue weighted by Gasteiger charge is 2.41. The molecule has 3 aromatic rings. The summed E-state index contributed by atoms with van der Waals surface area (Å²) in [5.41, 5.74) is 1.46. The maximum absolute atomic E-state index is 13.1. The molecular formula is C23H16N2O3S. The molecule has 3 aromatic carbocycles. The van der Waals surface area contributed by atoms with Gasteiger partial charge in [-0.25, -0.2) is 0 Å². The Balaban J connectivity index is 1.79. The predicted molar refractivity (Wildman–Crippen MR) is 115 cm³/mol. The summed E-state index contributed by atoms with van der Waals surface area (Å²) in [5, 5.41) is 13.2. The Labute approximate surface area is 172 Å². The first-order chi connectivity index (χ1) is 14.1. The predicted octanol–water partition coefficient (Wildman–Crippen LogP) is 4.73. The van der Waals surface area contributed by atoms with Gasteiger partial charge in [0, 0.05) is 35.5 Å². The standard InChI is InChI=1S/C23H16N2O3S/c26-20(17-10-4-1-5-11-17)16-21-24(18-12-6-2-7-13-18)22(27)23(29-21)25(28)19-14-8-3-9-15-19/h1-16H/b21-16-,25-23+. The highest BCUT2D eigenvalue weighted by molar-refractivity contribution is 8.19. The Hall–Kier alpha value is -3.64. The van der Waals surface area contributed by atoms with Crippen molar-refractivity contribution in [3.05, 3.63) is 113 Å². The van der Waals surface area contributed by atoms with Crippen molar-refractivity contribution < 1.29 is 14.3 Å². The van der Waals surface area contributed by atoms with Gasteiger partial charge in [-0.3, -0.25) is 14.5 Å². The molecule has 0 bridgehead atoms. The normalized spacial score (nSPS) is 16.9. The first-order valence-corrected chi connectivity index (χ1v) is 9.74. The third-order valence-corrected chi connectivity index (χ3v) is 5.35. The van der Waals surface area contributed by atoms with Gasteiger partial charge in [-0.2, -0.15) is 4.74 Å². The van der Waals surface area contributed by atoms with Gasteiger partial charge in [-0.05, 0) is 12.1 Å². The number of nitrogens with zero attached hydrogens (tertiary/aromatic N) is 2. The van der Waals surface area contributed by atoms with Gasteiger partial charge in [-0.15, -0.1) is 0 Å².